The smallest absolute Gasteiger partial charge is 0.119 e. The lowest BCUT2D eigenvalue weighted by molar-refractivity contribution is 0.298. The lowest BCUT2D eigenvalue weighted by Gasteiger charge is -2.20. The van der Waals surface area contributed by atoms with Crippen LogP contribution < -0.4 is 10.1 Å². The number of nitrogens with one attached hydrogen (secondary N) is 1. The fourth-order valence-electron chi connectivity index (χ4n) is 1.80. The van der Waals surface area contributed by atoms with Gasteiger partial charge in [0.15, 0.2) is 0 Å². The first-order valence-corrected chi connectivity index (χ1v) is 6.95. The van der Waals surface area contributed by atoms with Crippen LogP contribution in [0.3, 0.4) is 0 Å². The van der Waals surface area contributed by atoms with Crippen LogP contribution >= 0.6 is 0 Å². The number of nitrogens with zero attached hydrogens (tertiary/aromatic N) is 2. The third kappa shape index (κ3) is 5.05. The van der Waals surface area contributed by atoms with Crippen molar-refractivity contribution in [1.29, 1.82) is 0 Å². The highest BCUT2D eigenvalue weighted by atomic mass is 16.5. The van der Waals surface area contributed by atoms with Gasteiger partial charge in [0.2, 0.25) is 0 Å². The molecule has 20 heavy (non-hydrogen) atoms. The van der Waals surface area contributed by atoms with E-state index in [-0.39, 0.29) is 5.54 Å². The summed E-state index contributed by atoms with van der Waals surface area (Å²) in [6.07, 6.45) is 5.51. The summed E-state index contributed by atoms with van der Waals surface area (Å²) in [5.74, 6) is 0.915. The van der Waals surface area contributed by atoms with Crippen LogP contribution in [0.4, 0.5) is 0 Å². The molecule has 0 radical (unpaired) electrons. The van der Waals surface area contributed by atoms with E-state index >= 15 is 0 Å². The first-order valence-electron chi connectivity index (χ1n) is 6.95. The minimum atomic E-state index is 0.123. The van der Waals surface area contributed by atoms with Gasteiger partial charge in [-0.2, -0.15) is 0 Å². The van der Waals surface area contributed by atoms with E-state index < -0.39 is 0 Å². The molecule has 2 aromatic rings. The number of aromatic nitrogens is 2. The Balaban J connectivity index is 1.83. The predicted molar refractivity (Wildman–Crippen MR) is 80.8 cm³/mol. The molecule has 0 unspecified atom stereocenters. The highest BCUT2D eigenvalue weighted by Crippen LogP contribution is 2.14. The second-order valence-corrected chi connectivity index (χ2v) is 5.90. The van der Waals surface area contributed by atoms with Crippen LogP contribution in [0.25, 0.3) is 0 Å². The maximum atomic E-state index is 5.78. The minimum absolute atomic E-state index is 0.123. The van der Waals surface area contributed by atoms with Gasteiger partial charge in [0.1, 0.15) is 12.4 Å². The van der Waals surface area contributed by atoms with Crippen LogP contribution in [-0.2, 0) is 13.1 Å². The Labute approximate surface area is 120 Å². The average Bonchev–Trinajstić information content (AvgIpc) is 2.89. The zero-order valence-corrected chi connectivity index (χ0v) is 12.5. The molecular weight excluding hydrogens is 250 g/mol. The molecule has 1 aromatic carbocycles. The number of hydrogen-bond acceptors (Lipinski definition) is 3. The molecule has 1 aromatic heterocycles. The molecule has 108 valence electrons. The summed E-state index contributed by atoms with van der Waals surface area (Å²) in [5, 5.41) is 3.48. The Bertz CT molecular complexity index is 515. The summed E-state index contributed by atoms with van der Waals surface area (Å²) in [4.78, 5) is 4.01. The van der Waals surface area contributed by atoms with Gasteiger partial charge in [-0.15, -0.1) is 0 Å². The molecule has 0 atom stereocenters. The molecule has 0 spiro atoms. The number of benzene rings is 1. The summed E-state index contributed by atoms with van der Waals surface area (Å²) in [6, 6.07) is 8.23. The minimum Gasteiger partial charge on any atom is -0.492 e. The second kappa shape index (κ2) is 6.57. The highest BCUT2D eigenvalue weighted by molar-refractivity contribution is 5.28. The largest absolute Gasteiger partial charge is 0.492 e. The Kier molecular flexibility index (Phi) is 4.79. The van der Waals surface area contributed by atoms with Crippen molar-refractivity contribution in [2.24, 2.45) is 0 Å². The fourth-order valence-corrected chi connectivity index (χ4v) is 1.80. The third-order valence-electron chi connectivity index (χ3n) is 2.90. The van der Waals surface area contributed by atoms with Crippen LogP contribution in [0.15, 0.2) is 43.0 Å². The summed E-state index contributed by atoms with van der Waals surface area (Å²) < 4.78 is 7.78. The van der Waals surface area contributed by atoms with Crippen LogP contribution in [0.2, 0.25) is 0 Å². The van der Waals surface area contributed by atoms with E-state index in [0.717, 1.165) is 18.8 Å². The van der Waals surface area contributed by atoms with E-state index in [4.69, 9.17) is 4.74 Å². The van der Waals surface area contributed by atoms with E-state index in [9.17, 15) is 0 Å². The van der Waals surface area contributed by atoms with Crippen molar-refractivity contribution in [2.45, 2.75) is 39.4 Å². The monoisotopic (exact) mass is 273 g/mol. The van der Waals surface area contributed by atoms with Crippen molar-refractivity contribution < 1.29 is 4.74 Å². The molecule has 2 rings (SSSR count). The molecule has 4 heteroatoms. The predicted octanol–water partition coefficient (Wildman–Crippen LogP) is 2.85. The molecule has 0 saturated heterocycles. The van der Waals surface area contributed by atoms with E-state index in [0.29, 0.717) is 6.61 Å². The molecule has 0 aliphatic rings. The quantitative estimate of drug-likeness (QED) is 0.879. The van der Waals surface area contributed by atoms with Crippen molar-refractivity contribution in [3.05, 3.63) is 48.5 Å². The van der Waals surface area contributed by atoms with Gasteiger partial charge in [-0.1, -0.05) is 12.1 Å². The fraction of sp³-hybridized carbons (Fsp3) is 0.438. The number of imidazole rings is 1. The van der Waals surface area contributed by atoms with Crippen molar-refractivity contribution in [3.63, 3.8) is 0 Å². The Morgan fingerprint density at radius 3 is 2.85 bits per heavy atom. The number of hydrogen-bond donors (Lipinski definition) is 1. The van der Waals surface area contributed by atoms with Crippen LogP contribution in [0, 0.1) is 0 Å². The topological polar surface area (TPSA) is 39.1 Å². The molecule has 4 nitrogen and oxygen atoms in total. The van der Waals surface area contributed by atoms with Crippen molar-refractivity contribution >= 4 is 0 Å². The SMILES string of the molecule is CC(C)(C)NCc1cccc(OCCn2ccnc2)c1. The zero-order chi connectivity index (χ0) is 14.4. The van der Waals surface area contributed by atoms with E-state index in [1.54, 1.807) is 12.5 Å². The van der Waals surface area contributed by atoms with Gasteiger partial charge in [0, 0.05) is 24.5 Å². The standard InChI is InChI=1S/C16H23N3O/c1-16(2,3)18-12-14-5-4-6-15(11-14)20-10-9-19-8-7-17-13-19/h4-8,11,13,18H,9-10,12H2,1-3H3. The molecule has 0 amide bonds. The molecule has 0 saturated carbocycles. The first-order chi connectivity index (χ1) is 9.53. The summed E-state index contributed by atoms with van der Waals surface area (Å²) in [6.45, 7) is 8.80. The van der Waals surface area contributed by atoms with Gasteiger partial charge in [0.05, 0.1) is 12.9 Å². The number of ether oxygens (including phenoxy) is 1. The first kappa shape index (κ1) is 14.6. The van der Waals surface area contributed by atoms with E-state index in [1.165, 1.54) is 5.56 Å². The maximum Gasteiger partial charge on any atom is 0.119 e. The molecular formula is C16H23N3O. The van der Waals surface area contributed by atoms with Gasteiger partial charge in [-0.05, 0) is 38.5 Å². The van der Waals surface area contributed by atoms with Gasteiger partial charge >= 0.3 is 0 Å². The van der Waals surface area contributed by atoms with Crippen molar-refractivity contribution in [2.75, 3.05) is 6.61 Å². The second-order valence-electron chi connectivity index (χ2n) is 5.90. The lowest BCUT2D eigenvalue weighted by atomic mass is 10.1. The molecule has 1 N–H and O–H groups in total. The van der Waals surface area contributed by atoms with Gasteiger partial charge in [-0.3, -0.25) is 0 Å². The van der Waals surface area contributed by atoms with Gasteiger partial charge in [-0.25, -0.2) is 4.98 Å². The average molecular weight is 273 g/mol. The highest BCUT2D eigenvalue weighted by Gasteiger charge is 2.08. The van der Waals surface area contributed by atoms with Crippen LogP contribution in [0.1, 0.15) is 26.3 Å². The molecule has 0 aliphatic heterocycles. The third-order valence-corrected chi connectivity index (χ3v) is 2.90. The number of rotatable bonds is 6. The van der Waals surface area contributed by atoms with Crippen LogP contribution in [-0.4, -0.2) is 21.7 Å². The summed E-state index contributed by atoms with van der Waals surface area (Å²) in [7, 11) is 0. The van der Waals surface area contributed by atoms with Gasteiger partial charge < -0.3 is 14.6 Å². The Morgan fingerprint density at radius 2 is 2.15 bits per heavy atom. The summed E-state index contributed by atoms with van der Waals surface area (Å²) >= 11 is 0. The summed E-state index contributed by atoms with van der Waals surface area (Å²) in [5.41, 5.74) is 1.36. The van der Waals surface area contributed by atoms with Crippen molar-refractivity contribution in [3.8, 4) is 5.75 Å². The van der Waals surface area contributed by atoms with E-state index in [1.807, 2.05) is 22.9 Å². The van der Waals surface area contributed by atoms with E-state index in [2.05, 4.69) is 43.2 Å². The molecule has 0 fully saturated rings. The molecule has 0 bridgehead atoms. The zero-order valence-electron chi connectivity index (χ0n) is 12.5. The lowest BCUT2D eigenvalue weighted by Crippen LogP contribution is -2.35. The normalized spacial score (nSPS) is 11.6. The Morgan fingerprint density at radius 1 is 1.30 bits per heavy atom. The Hall–Kier alpha value is -1.81. The van der Waals surface area contributed by atoms with Crippen LogP contribution in [0.5, 0.6) is 5.75 Å². The van der Waals surface area contributed by atoms with Gasteiger partial charge in [0.25, 0.3) is 0 Å². The molecule has 0 aliphatic carbocycles. The van der Waals surface area contributed by atoms with Crippen molar-refractivity contribution in [1.82, 2.24) is 14.9 Å². The molecule has 1 heterocycles. The maximum absolute atomic E-state index is 5.78.